The molecule has 27 heavy (non-hydrogen) atoms. The van der Waals surface area contributed by atoms with Gasteiger partial charge in [0.25, 0.3) is 5.91 Å². The molecule has 2 heterocycles. The average molecular weight is 359 g/mol. The van der Waals surface area contributed by atoms with Gasteiger partial charge in [-0.05, 0) is 36.8 Å². The van der Waals surface area contributed by atoms with Gasteiger partial charge in [0, 0.05) is 18.8 Å². The van der Waals surface area contributed by atoms with Crippen LogP contribution in [0.3, 0.4) is 0 Å². The van der Waals surface area contributed by atoms with Gasteiger partial charge in [0.15, 0.2) is 0 Å². The van der Waals surface area contributed by atoms with Crippen LogP contribution in [0.1, 0.15) is 13.8 Å². The predicted molar refractivity (Wildman–Crippen MR) is 103 cm³/mol. The molecule has 0 saturated heterocycles. The van der Waals surface area contributed by atoms with Crippen molar-refractivity contribution in [1.82, 2.24) is 0 Å². The Labute approximate surface area is 156 Å². The van der Waals surface area contributed by atoms with E-state index in [2.05, 4.69) is 0 Å². The number of para-hydroxylation sites is 2. The summed E-state index contributed by atoms with van der Waals surface area (Å²) in [5.74, 6) is -0.815. The zero-order valence-electron chi connectivity index (χ0n) is 14.9. The van der Waals surface area contributed by atoms with Crippen molar-refractivity contribution in [3.05, 3.63) is 88.8 Å². The number of carbonyl (C=O) groups is 2. The van der Waals surface area contributed by atoms with Crippen molar-refractivity contribution in [2.75, 3.05) is 9.91 Å². The van der Waals surface area contributed by atoms with Crippen LogP contribution in [0.15, 0.2) is 83.6 Å². The van der Waals surface area contributed by atoms with Crippen LogP contribution >= 0.6 is 0 Å². The van der Waals surface area contributed by atoms with Crippen molar-refractivity contribution in [2.45, 2.75) is 13.8 Å². The van der Waals surface area contributed by atoms with Gasteiger partial charge in [0.05, 0.1) is 5.57 Å². The lowest BCUT2D eigenvalue weighted by atomic mass is 9.99. The molecule has 0 fully saturated rings. The number of anilines is 2. The van der Waals surface area contributed by atoms with E-state index >= 15 is 0 Å². The summed E-state index contributed by atoms with van der Waals surface area (Å²) < 4.78 is 0. The SMILES string of the molecule is CC1=CN(c2ccccc2)C(=O)/C1=C1\C(=O)N(c2ccccc2)[N+]([O-])=C1C. The summed E-state index contributed by atoms with van der Waals surface area (Å²) >= 11 is 0. The molecule has 6 heteroatoms. The van der Waals surface area contributed by atoms with Gasteiger partial charge in [-0.3, -0.25) is 14.5 Å². The van der Waals surface area contributed by atoms with Crippen LogP contribution < -0.4 is 9.91 Å². The van der Waals surface area contributed by atoms with E-state index in [0.717, 1.165) is 5.01 Å². The van der Waals surface area contributed by atoms with E-state index in [9.17, 15) is 14.8 Å². The minimum Gasteiger partial charge on any atom is -0.595 e. The summed E-state index contributed by atoms with van der Waals surface area (Å²) in [6, 6.07) is 17.8. The molecule has 0 bridgehead atoms. The molecule has 0 saturated carbocycles. The number of hydrogen-bond acceptors (Lipinski definition) is 3. The zero-order valence-corrected chi connectivity index (χ0v) is 14.9. The molecule has 0 aromatic heterocycles. The lowest BCUT2D eigenvalue weighted by Gasteiger charge is -2.14. The fraction of sp³-hybridized carbons (Fsp3) is 0.0952. The van der Waals surface area contributed by atoms with Gasteiger partial charge in [-0.15, -0.1) is 0 Å². The van der Waals surface area contributed by atoms with Gasteiger partial charge >= 0.3 is 5.91 Å². The van der Waals surface area contributed by atoms with Crippen LogP contribution in [0.4, 0.5) is 11.4 Å². The van der Waals surface area contributed by atoms with Gasteiger partial charge in [-0.2, -0.15) is 0 Å². The fourth-order valence-corrected chi connectivity index (χ4v) is 3.36. The summed E-state index contributed by atoms with van der Waals surface area (Å²) in [7, 11) is 0. The van der Waals surface area contributed by atoms with E-state index in [0.29, 0.717) is 21.8 Å². The highest BCUT2D eigenvalue weighted by Gasteiger charge is 2.44. The second-order valence-corrected chi connectivity index (χ2v) is 6.38. The zero-order chi connectivity index (χ0) is 19.1. The molecule has 0 aliphatic carbocycles. The van der Waals surface area contributed by atoms with Gasteiger partial charge < -0.3 is 5.21 Å². The Morgan fingerprint density at radius 2 is 1.33 bits per heavy atom. The Morgan fingerprint density at radius 1 is 0.778 bits per heavy atom. The third kappa shape index (κ3) is 2.54. The average Bonchev–Trinajstić information content (AvgIpc) is 3.09. The Morgan fingerprint density at radius 3 is 1.93 bits per heavy atom. The van der Waals surface area contributed by atoms with Crippen molar-refractivity contribution in [2.24, 2.45) is 0 Å². The highest BCUT2D eigenvalue weighted by molar-refractivity contribution is 6.32. The Hall–Kier alpha value is -3.67. The Balaban J connectivity index is 1.81. The highest BCUT2D eigenvalue weighted by atomic mass is 16.5. The monoisotopic (exact) mass is 359 g/mol. The van der Waals surface area contributed by atoms with Gasteiger partial charge in [0.2, 0.25) is 5.71 Å². The van der Waals surface area contributed by atoms with Crippen molar-refractivity contribution >= 4 is 28.9 Å². The highest BCUT2D eigenvalue weighted by Crippen LogP contribution is 2.33. The van der Waals surface area contributed by atoms with Crippen LogP contribution in [0, 0.1) is 5.21 Å². The van der Waals surface area contributed by atoms with Crippen molar-refractivity contribution < 1.29 is 14.4 Å². The smallest absolute Gasteiger partial charge is 0.322 e. The quantitative estimate of drug-likeness (QED) is 0.470. The Bertz CT molecular complexity index is 1040. The number of hydrogen-bond donors (Lipinski definition) is 0. The fourth-order valence-electron chi connectivity index (χ4n) is 3.36. The van der Waals surface area contributed by atoms with Gasteiger partial charge in [-0.1, -0.05) is 46.3 Å². The number of carbonyl (C=O) groups excluding carboxylic acids is 2. The topological polar surface area (TPSA) is 66.7 Å². The van der Waals surface area contributed by atoms with Crippen molar-refractivity contribution in [3.8, 4) is 0 Å². The van der Waals surface area contributed by atoms with E-state index < -0.39 is 5.91 Å². The summed E-state index contributed by atoms with van der Waals surface area (Å²) in [6.07, 6.45) is 1.70. The minimum absolute atomic E-state index is 0.144. The third-order valence-electron chi connectivity index (χ3n) is 4.67. The van der Waals surface area contributed by atoms with Crippen molar-refractivity contribution in [3.63, 3.8) is 0 Å². The number of hydrazine groups is 1. The third-order valence-corrected chi connectivity index (χ3v) is 4.67. The molecule has 2 aromatic carbocycles. The molecule has 2 amide bonds. The molecule has 6 nitrogen and oxygen atoms in total. The second-order valence-electron chi connectivity index (χ2n) is 6.38. The van der Waals surface area contributed by atoms with Crippen LogP contribution in [-0.2, 0) is 9.59 Å². The van der Waals surface area contributed by atoms with Gasteiger partial charge in [-0.25, -0.2) is 0 Å². The number of rotatable bonds is 2. The lowest BCUT2D eigenvalue weighted by Crippen LogP contribution is -2.32. The minimum atomic E-state index is -0.500. The molecular formula is C21H17N3O3. The molecule has 2 aliphatic heterocycles. The first-order valence-corrected chi connectivity index (χ1v) is 8.53. The molecule has 0 unspecified atom stereocenters. The number of amides is 2. The summed E-state index contributed by atoms with van der Waals surface area (Å²) in [6.45, 7) is 3.33. The van der Waals surface area contributed by atoms with Crippen molar-refractivity contribution in [1.29, 1.82) is 0 Å². The molecule has 0 spiro atoms. The maximum Gasteiger partial charge on any atom is 0.322 e. The van der Waals surface area contributed by atoms with Crippen LogP contribution in [-0.4, -0.2) is 22.4 Å². The van der Waals surface area contributed by atoms with E-state index in [4.69, 9.17) is 0 Å². The second kappa shape index (κ2) is 6.25. The van der Waals surface area contributed by atoms with E-state index in [1.54, 1.807) is 50.4 Å². The first-order chi connectivity index (χ1) is 13.0. The molecule has 0 N–H and O–H groups in total. The van der Waals surface area contributed by atoms with E-state index in [1.807, 2.05) is 30.3 Å². The maximum absolute atomic E-state index is 13.1. The normalized spacial score (nSPS) is 20.0. The van der Waals surface area contributed by atoms with Gasteiger partial charge in [0.1, 0.15) is 11.3 Å². The summed E-state index contributed by atoms with van der Waals surface area (Å²) in [4.78, 5) is 28.2. The number of nitrogens with zero attached hydrogens (tertiary/aromatic N) is 3. The largest absolute Gasteiger partial charge is 0.595 e. The standard InChI is InChI=1S/C21H17N3O3/c1-14-13-22(16-9-5-3-6-10-16)20(25)18(14)19-15(2)24(27)23(21(19)26)17-11-7-4-8-12-17/h3-13H,1-2H3/b19-18-. The molecule has 134 valence electrons. The molecule has 0 radical (unpaired) electrons. The van der Waals surface area contributed by atoms with E-state index in [-0.39, 0.29) is 22.8 Å². The summed E-state index contributed by atoms with van der Waals surface area (Å²) in [5.41, 5.74) is 2.43. The maximum atomic E-state index is 13.1. The van der Waals surface area contributed by atoms with Crippen LogP contribution in [0.5, 0.6) is 0 Å². The Kier molecular flexibility index (Phi) is 3.88. The molecule has 0 atom stereocenters. The molecule has 2 aromatic rings. The number of benzene rings is 2. The van der Waals surface area contributed by atoms with Crippen LogP contribution in [0.25, 0.3) is 0 Å². The first kappa shape index (κ1) is 16.8. The summed E-state index contributed by atoms with van der Waals surface area (Å²) in [5, 5.41) is 13.7. The molecule has 4 rings (SSSR count). The number of hydrazone groups is 1. The van der Waals surface area contributed by atoms with Crippen LogP contribution in [0.2, 0.25) is 0 Å². The lowest BCUT2D eigenvalue weighted by molar-refractivity contribution is -0.456. The predicted octanol–water partition coefficient (Wildman–Crippen LogP) is 3.17. The first-order valence-electron chi connectivity index (χ1n) is 8.53. The molecular weight excluding hydrogens is 342 g/mol. The molecule has 2 aliphatic rings. The van der Waals surface area contributed by atoms with E-state index in [1.165, 1.54) is 4.90 Å².